The van der Waals surface area contributed by atoms with Crippen LogP contribution in [-0.4, -0.2) is 37.0 Å². The highest BCUT2D eigenvalue weighted by molar-refractivity contribution is 7.99. The molecule has 18 heavy (non-hydrogen) atoms. The smallest absolute Gasteiger partial charge is 0.308 e. The van der Waals surface area contributed by atoms with E-state index >= 15 is 0 Å². The molecular formula is C11H18N4O2S. The van der Waals surface area contributed by atoms with Crippen LogP contribution in [-0.2, 0) is 4.79 Å². The SMILES string of the molecule is CC(C(=O)O)C(C)n1nnnc1C1CCCCS1. The second kappa shape index (κ2) is 5.69. The van der Waals surface area contributed by atoms with E-state index in [-0.39, 0.29) is 6.04 Å². The van der Waals surface area contributed by atoms with Gasteiger partial charge < -0.3 is 5.11 Å². The third kappa shape index (κ3) is 2.66. The average molecular weight is 270 g/mol. The Morgan fingerprint density at radius 2 is 2.28 bits per heavy atom. The maximum atomic E-state index is 11.0. The summed E-state index contributed by atoms with van der Waals surface area (Å²) in [5.41, 5.74) is 0. The molecule has 1 aromatic heterocycles. The van der Waals surface area contributed by atoms with Crippen LogP contribution in [0.2, 0.25) is 0 Å². The molecule has 1 aliphatic rings. The van der Waals surface area contributed by atoms with E-state index in [1.165, 1.54) is 12.8 Å². The molecule has 3 atom stereocenters. The van der Waals surface area contributed by atoms with Crippen LogP contribution in [0.15, 0.2) is 0 Å². The van der Waals surface area contributed by atoms with Crippen LogP contribution in [0.1, 0.15) is 50.2 Å². The van der Waals surface area contributed by atoms with Gasteiger partial charge in [0.15, 0.2) is 5.82 Å². The van der Waals surface area contributed by atoms with Crippen LogP contribution in [0, 0.1) is 5.92 Å². The predicted molar refractivity (Wildman–Crippen MR) is 68.4 cm³/mol. The number of hydrogen-bond acceptors (Lipinski definition) is 5. The number of carboxylic acids is 1. The van der Waals surface area contributed by atoms with Crippen molar-refractivity contribution in [1.29, 1.82) is 0 Å². The van der Waals surface area contributed by atoms with Gasteiger partial charge in [-0.15, -0.1) is 5.10 Å². The van der Waals surface area contributed by atoms with Crippen molar-refractivity contribution in [3.05, 3.63) is 5.82 Å². The molecule has 0 bridgehead atoms. The van der Waals surface area contributed by atoms with Crippen molar-refractivity contribution in [2.75, 3.05) is 5.75 Å². The van der Waals surface area contributed by atoms with E-state index in [2.05, 4.69) is 15.5 Å². The van der Waals surface area contributed by atoms with Gasteiger partial charge in [-0.25, -0.2) is 4.68 Å². The van der Waals surface area contributed by atoms with Crippen LogP contribution < -0.4 is 0 Å². The molecule has 7 heteroatoms. The molecule has 0 aromatic carbocycles. The summed E-state index contributed by atoms with van der Waals surface area (Å²) in [6.45, 7) is 3.54. The van der Waals surface area contributed by atoms with Gasteiger partial charge in [-0.05, 0) is 42.9 Å². The van der Waals surface area contributed by atoms with Crippen molar-refractivity contribution in [3.8, 4) is 0 Å². The lowest BCUT2D eigenvalue weighted by Gasteiger charge is -2.23. The minimum Gasteiger partial charge on any atom is -0.481 e. The highest BCUT2D eigenvalue weighted by atomic mass is 32.2. The van der Waals surface area contributed by atoms with Crippen molar-refractivity contribution in [3.63, 3.8) is 0 Å². The van der Waals surface area contributed by atoms with Gasteiger partial charge in [0, 0.05) is 0 Å². The number of aromatic nitrogens is 4. The molecule has 1 N–H and O–H groups in total. The third-order valence-corrected chi connectivity index (χ3v) is 4.86. The first-order valence-corrected chi connectivity index (χ1v) is 7.28. The molecule has 1 saturated heterocycles. The van der Waals surface area contributed by atoms with Gasteiger partial charge in [0.2, 0.25) is 0 Å². The minimum absolute atomic E-state index is 0.227. The van der Waals surface area contributed by atoms with E-state index in [0.29, 0.717) is 5.25 Å². The lowest BCUT2D eigenvalue weighted by Crippen LogP contribution is -2.25. The van der Waals surface area contributed by atoms with Crippen LogP contribution in [0.5, 0.6) is 0 Å². The van der Waals surface area contributed by atoms with Crippen molar-refractivity contribution in [1.82, 2.24) is 20.2 Å². The van der Waals surface area contributed by atoms with Crippen molar-refractivity contribution < 1.29 is 9.90 Å². The van der Waals surface area contributed by atoms with Crippen molar-refractivity contribution in [2.45, 2.75) is 44.4 Å². The topological polar surface area (TPSA) is 80.9 Å². The van der Waals surface area contributed by atoms with E-state index in [0.717, 1.165) is 18.0 Å². The van der Waals surface area contributed by atoms with Gasteiger partial charge >= 0.3 is 5.97 Å². The summed E-state index contributed by atoms with van der Waals surface area (Å²) < 4.78 is 1.68. The maximum Gasteiger partial charge on any atom is 0.308 e. The van der Waals surface area contributed by atoms with E-state index in [1.807, 2.05) is 18.7 Å². The van der Waals surface area contributed by atoms with Gasteiger partial charge in [0.25, 0.3) is 0 Å². The Balaban J connectivity index is 2.18. The fourth-order valence-corrected chi connectivity index (χ4v) is 3.36. The summed E-state index contributed by atoms with van der Waals surface area (Å²) in [5, 5.41) is 21.1. The second-order valence-electron chi connectivity index (χ2n) is 4.70. The normalized spacial score (nSPS) is 23.6. The van der Waals surface area contributed by atoms with Gasteiger partial charge in [-0.3, -0.25) is 4.79 Å². The van der Waals surface area contributed by atoms with Gasteiger partial charge in [0.05, 0.1) is 17.2 Å². The van der Waals surface area contributed by atoms with Crippen LogP contribution >= 0.6 is 11.8 Å². The fraction of sp³-hybridized carbons (Fsp3) is 0.818. The molecule has 1 aliphatic heterocycles. The van der Waals surface area contributed by atoms with E-state index < -0.39 is 11.9 Å². The summed E-state index contributed by atoms with van der Waals surface area (Å²) >= 11 is 1.86. The number of rotatable bonds is 4. The number of thioether (sulfide) groups is 1. The number of tetrazole rings is 1. The summed E-state index contributed by atoms with van der Waals surface area (Å²) in [6, 6.07) is -0.227. The zero-order chi connectivity index (χ0) is 13.1. The summed E-state index contributed by atoms with van der Waals surface area (Å²) in [5.74, 6) is 0.627. The first kappa shape index (κ1) is 13.3. The van der Waals surface area contributed by atoms with E-state index in [4.69, 9.17) is 5.11 Å². The minimum atomic E-state index is -0.819. The molecule has 1 fully saturated rings. The number of carboxylic acid groups (broad SMARTS) is 1. The third-order valence-electron chi connectivity index (χ3n) is 3.48. The van der Waals surface area contributed by atoms with Crippen molar-refractivity contribution in [2.24, 2.45) is 5.92 Å². The molecule has 0 aliphatic carbocycles. The highest BCUT2D eigenvalue weighted by Crippen LogP contribution is 2.38. The lowest BCUT2D eigenvalue weighted by molar-refractivity contribution is -0.142. The Bertz CT molecular complexity index is 417. The first-order valence-electron chi connectivity index (χ1n) is 6.23. The average Bonchev–Trinajstić information content (AvgIpc) is 2.87. The number of nitrogens with zero attached hydrogens (tertiary/aromatic N) is 4. The lowest BCUT2D eigenvalue weighted by atomic mass is 10.0. The second-order valence-corrected chi connectivity index (χ2v) is 6.02. The van der Waals surface area contributed by atoms with E-state index in [1.54, 1.807) is 11.6 Å². The molecule has 3 unspecified atom stereocenters. The predicted octanol–water partition coefficient (Wildman–Crippen LogP) is 1.91. The van der Waals surface area contributed by atoms with Crippen LogP contribution in [0.4, 0.5) is 0 Å². The molecule has 2 heterocycles. The number of carbonyl (C=O) groups is 1. The largest absolute Gasteiger partial charge is 0.481 e. The van der Waals surface area contributed by atoms with Crippen LogP contribution in [0.3, 0.4) is 0 Å². The molecule has 0 saturated carbocycles. The highest BCUT2D eigenvalue weighted by Gasteiger charge is 2.28. The monoisotopic (exact) mass is 270 g/mol. The summed E-state index contributed by atoms with van der Waals surface area (Å²) in [6.07, 6.45) is 3.50. The summed E-state index contributed by atoms with van der Waals surface area (Å²) in [4.78, 5) is 11.0. The molecule has 0 spiro atoms. The van der Waals surface area contributed by atoms with Crippen LogP contribution in [0.25, 0.3) is 0 Å². The quantitative estimate of drug-likeness (QED) is 0.900. The summed E-state index contributed by atoms with van der Waals surface area (Å²) in [7, 11) is 0. The Kier molecular flexibility index (Phi) is 4.21. The molecule has 6 nitrogen and oxygen atoms in total. The zero-order valence-corrected chi connectivity index (χ0v) is 11.4. The zero-order valence-electron chi connectivity index (χ0n) is 10.6. The standard InChI is InChI=1S/C11H18N4O2S/c1-7(11(16)17)8(2)15-10(12-13-14-15)9-5-3-4-6-18-9/h7-9H,3-6H2,1-2H3,(H,16,17). The molecular weight excluding hydrogens is 252 g/mol. The molecule has 100 valence electrons. The Morgan fingerprint density at radius 3 is 2.89 bits per heavy atom. The maximum absolute atomic E-state index is 11.0. The molecule has 1 aromatic rings. The van der Waals surface area contributed by atoms with Gasteiger partial charge in [0.1, 0.15) is 0 Å². The Hall–Kier alpha value is -1.11. The Labute approximate surface area is 110 Å². The Morgan fingerprint density at radius 1 is 1.50 bits per heavy atom. The number of aliphatic carboxylic acids is 1. The van der Waals surface area contributed by atoms with Gasteiger partial charge in [-0.1, -0.05) is 6.42 Å². The fourth-order valence-electron chi connectivity index (χ4n) is 2.07. The first-order chi connectivity index (χ1) is 8.61. The molecule has 0 amide bonds. The number of hydrogen-bond donors (Lipinski definition) is 1. The van der Waals surface area contributed by atoms with Gasteiger partial charge in [-0.2, -0.15) is 11.8 Å². The molecule has 0 radical (unpaired) electrons. The molecule has 2 rings (SSSR count). The van der Waals surface area contributed by atoms with E-state index in [9.17, 15) is 4.79 Å². The van der Waals surface area contributed by atoms with Crippen molar-refractivity contribution >= 4 is 17.7 Å².